The fourth-order valence-electron chi connectivity index (χ4n) is 0.792. The highest BCUT2D eigenvalue weighted by molar-refractivity contribution is 14.2. The summed E-state index contributed by atoms with van der Waals surface area (Å²) in [5.74, 6) is 0. The second-order valence-corrected chi connectivity index (χ2v) is 11.3. The van der Waals surface area contributed by atoms with Crippen molar-refractivity contribution >= 4 is 38.2 Å². The summed E-state index contributed by atoms with van der Waals surface area (Å²) < 4.78 is 0.132. The van der Waals surface area contributed by atoms with Crippen LogP contribution in [0.1, 0.15) is 5.56 Å². The van der Waals surface area contributed by atoms with Crippen molar-refractivity contribution in [1.82, 2.24) is 0 Å². The van der Waals surface area contributed by atoms with Gasteiger partial charge in [-0.2, -0.15) is 0 Å². The fourth-order valence-corrected chi connectivity index (χ4v) is 3.43. The molecule has 0 nitrogen and oxygen atoms in total. The van der Waals surface area contributed by atoms with Crippen molar-refractivity contribution in [2.24, 2.45) is 0 Å². The van der Waals surface area contributed by atoms with Crippen LogP contribution in [0.4, 0.5) is 0 Å². The Bertz CT molecular complexity index is 203. The first-order valence-corrected chi connectivity index (χ1v) is 9.48. The van der Waals surface area contributed by atoms with Crippen molar-refractivity contribution in [3.8, 4) is 0 Å². The highest BCUT2D eigenvalue weighted by Gasteiger charge is 2.00. The van der Waals surface area contributed by atoms with Gasteiger partial charge in [0.05, 0.1) is 0 Å². The number of halogens is 1. The molecule has 0 amide bonds. The molecule has 3 heteroatoms. The van der Waals surface area contributed by atoms with E-state index in [1.165, 1.54) is 11.7 Å². The molecule has 11 heavy (non-hydrogen) atoms. The topological polar surface area (TPSA) is 0 Å². The molecule has 0 aromatic heterocycles. The monoisotopic (exact) mass is 296 g/mol. The van der Waals surface area contributed by atoms with Gasteiger partial charge in [0.15, 0.2) is 0 Å². The van der Waals surface area contributed by atoms with Gasteiger partial charge in [0.1, 0.15) is 0 Å². The molecule has 1 aromatic carbocycles. The predicted molar refractivity (Wildman–Crippen MR) is 64.6 cm³/mol. The molecule has 0 N–H and O–H groups in total. The molecule has 0 radical (unpaired) electrons. The summed E-state index contributed by atoms with van der Waals surface area (Å²) in [6, 6.07) is 10.7. The largest absolute Gasteiger partial charge is 0.126 e. The average Bonchev–Trinajstić information content (AvgIpc) is 2.06. The zero-order valence-corrected chi connectivity index (χ0v) is 10.2. The Hall–Kier alpha value is 0.730. The van der Waals surface area contributed by atoms with E-state index in [0.29, 0.717) is 0 Å². The number of rotatable bonds is 3. The standard InChI is InChI=1S/C8H10IPS/c1-11-10(9)7-8-5-3-2-4-6-8/h2-6H,7H2,1H3. The van der Waals surface area contributed by atoms with Crippen LogP contribution in [0.5, 0.6) is 0 Å². The molecule has 1 unspecified atom stereocenters. The summed E-state index contributed by atoms with van der Waals surface area (Å²) in [4.78, 5) is 0. The molecular formula is C8H10IPS. The lowest BCUT2D eigenvalue weighted by molar-refractivity contribution is 1.42. The Morgan fingerprint density at radius 3 is 2.55 bits per heavy atom. The second kappa shape index (κ2) is 5.39. The van der Waals surface area contributed by atoms with Crippen LogP contribution in [0.2, 0.25) is 0 Å². The van der Waals surface area contributed by atoms with Crippen molar-refractivity contribution in [3.63, 3.8) is 0 Å². The highest BCUT2D eigenvalue weighted by atomic mass is 127. The molecule has 0 spiro atoms. The van der Waals surface area contributed by atoms with Gasteiger partial charge in [0.2, 0.25) is 0 Å². The maximum Gasteiger partial charge on any atom is 0.0226 e. The van der Waals surface area contributed by atoms with E-state index in [2.05, 4.69) is 58.6 Å². The van der Waals surface area contributed by atoms with Crippen LogP contribution in [-0.4, -0.2) is 6.26 Å². The summed E-state index contributed by atoms with van der Waals surface area (Å²) >= 11 is 4.51. The van der Waals surface area contributed by atoms with E-state index in [4.69, 9.17) is 0 Å². The van der Waals surface area contributed by atoms with E-state index < -0.39 is 0 Å². The lowest BCUT2D eigenvalue weighted by Gasteiger charge is -2.04. The van der Waals surface area contributed by atoms with E-state index in [9.17, 15) is 0 Å². The van der Waals surface area contributed by atoms with Gasteiger partial charge in [-0.3, -0.25) is 0 Å². The lowest BCUT2D eigenvalue weighted by Crippen LogP contribution is -1.75. The van der Waals surface area contributed by atoms with Gasteiger partial charge in [0.25, 0.3) is 0 Å². The first-order valence-electron chi connectivity index (χ1n) is 3.34. The van der Waals surface area contributed by atoms with E-state index >= 15 is 0 Å². The molecule has 0 saturated carbocycles. The molecule has 0 aliphatic heterocycles. The summed E-state index contributed by atoms with van der Waals surface area (Å²) in [6.45, 7) is 0. The number of hydrogen-bond donors (Lipinski definition) is 0. The average molecular weight is 296 g/mol. The third-order valence-electron chi connectivity index (χ3n) is 1.35. The van der Waals surface area contributed by atoms with Gasteiger partial charge in [-0.1, -0.05) is 30.3 Å². The van der Waals surface area contributed by atoms with Gasteiger partial charge in [-0.25, -0.2) is 0 Å². The van der Waals surface area contributed by atoms with Crippen LogP contribution in [0, 0.1) is 0 Å². The van der Waals surface area contributed by atoms with Crippen molar-refractivity contribution in [1.29, 1.82) is 0 Å². The highest BCUT2D eigenvalue weighted by Crippen LogP contribution is 2.58. The summed E-state index contributed by atoms with van der Waals surface area (Å²) in [5, 5.41) is 0. The summed E-state index contributed by atoms with van der Waals surface area (Å²) in [7, 11) is 0. The fraction of sp³-hybridized carbons (Fsp3) is 0.250. The van der Waals surface area contributed by atoms with Crippen molar-refractivity contribution in [3.05, 3.63) is 35.9 Å². The Kier molecular flexibility index (Phi) is 4.81. The van der Waals surface area contributed by atoms with Gasteiger partial charge >= 0.3 is 0 Å². The quantitative estimate of drug-likeness (QED) is 0.592. The Balaban J connectivity index is 2.51. The van der Waals surface area contributed by atoms with Crippen LogP contribution in [0.25, 0.3) is 0 Å². The van der Waals surface area contributed by atoms with Crippen LogP contribution < -0.4 is 0 Å². The number of benzene rings is 1. The Morgan fingerprint density at radius 2 is 2.00 bits per heavy atom. The van der Waals surface area contributed by atoms with Crippen LogP contribution in [0.15, 0.2) is 30.3 Å². The zero-order valence-electron chi connectivity index (χ0n) is 6.33. The van der Waals surface area contributed by atoms with Crippen molar-refractivity contribution in [2.75, 3.05) is 6.26 Å². The minimum atomic E-state index is 0.132. The summed E-state index contributed by atoms with van der Waals surface area (Å²) in [5.41, 5.74) is 1.46. The van der Waals surface area contributed by atoms with Crippen LogP contribution in [-0.2, 0) is 6.16 Å². The smallest absolute Gasteiger partial charge is 0.0226 e. The van der Waals surface area contributed by atoms with Gasteiger partial charge < -0.3 is 0 Å². The molecule has 1 aromatic rings. The number of hydrogen-bond acceptors (Lipinski definition) is 1. The Morgan fingerprint density at radius 1 is 1.36 bits per heavy atom. The van der Waals surface area contributed by atoms with Gasteiger partial charge in [-0.05, 0) is 33.9 Å². The van der Waals surface area contributed by atoms with E-state index in [-0.39, 0.29) is 4.77 Å². The van der Waals surface area contributed by atoms with E-state index in [0.717, 1.165) is 0 Å². The normalized spacial score (nSPS) is 12.9. The van der Waals surface area contributed by atoms with Crippen molar-refractivity contribution < 1.29 is 0 Å². The molecule has 0 bridgehead atoms. The molecule has 1 atom stereocenters. The molecule has 0 aliphatic carbocycles. The second-order valence-electron chi connectivity index (χ2n) is 2.14. The zero-order chi connectivity index (χ0) is 8.10. The minimum absolute atomic E-state index is 0.132. The SMILES string of the molecule is CSP(I)Cc1ccccc1. The van der Waals surface area contributed by atoms with E-state index in [1.807, 2.05) is 11.4 Å². The third-order valence-corrected chi connectivity index (χ3v) is 8.50. The molecule has 0 fully saturated rings. The maximum absolute atomic E-state index is 2.54. The first-order chi connectivity index (χ1) is 5.33. The van der Waals surface area contributed by atoms with Crippen LogP contribution in [0.3, 0.4) is 0 Å². The molecule has 0 aliphatic rings. The predicted octanol–water partition coefficient (Wildman–Crippen LogP) is 4.30. The lowest BCUT2D eigenvalue weighted by atomic mass is 10.2. The third kappa shape index (κ3) is 3.77. The first kappa shape index (κ1) is 9.82. The van der Waals surface area contributed by atoms with Crippen LogP contribution >= 0.6 is 38.2 Å². The summed E-state index contributed by atoms with van der Waals surface area (Å²) in [6.07, 6.45) is 3.42. The van der Waals surface area contributed by atoms with Gasteiger partial charge in [-0.15, -0.1) is 11.4 Å². The maximum atomic E-state index is 2.54. The Labute approximate surface area is 86.1 Å². The molecule has 1 rings (SSSR count). The van der Waals surface area contributed by atoms with E-state index in [1.54, 1.807) is 0 Å². The molecular weight excluding hydrogens is 286 g/mol. The van der Waals surface area contributed by atoms with Gasteiger partial charge in [0, 0.05) is 10.9 Å². The molecule has 0 saturated heterocycles. The molecule has 60 valence electrons. The minimum Gasteiger partial charge on any atom is -0.126 e. The van der Waals surface area contributed by atoms with Crippen molar-refractivity contribution in [2.45, 2.75) is 6.16 Å². The molecule has 0 heterocycles.